The number of para-hydroxylation sites is 1. The van der Waals surface area contributed by atoms with Gasteiger partial charge in [-0.25, -0.2) is 4.79 Å². The molecule has 0 aromatic heterocycles. The van der Waals surface area contributed by atoms with E-state index in [1.54, 1.807) is 12.1 Å². The number of hydrogen-bond acceptors (Lipinski definition) is 2. The Labute approximate surface area is 107 Å². The van der Waals surface area contributed by atoms with Crippen LogP contribution in [0.25, 0.3) is 0 Å². The fourth-order valence-corrected chi connectivity index (χ4v) is 1.77. The van der Waals surface area contributed by atoms with E-state index in [1.165, 1.54) is 6.07 Å². The summed E-state index contributed by atoms with van der Waals surface area (Å²) < 4.78 is 6.07. The highest BCUT2D eigenvalue weighted by Gasteiger charge is 2.09. The van der Waals surface area contributed by atoms with E-state index in [9.17, 15) is 4.79 Å². The Morgan fingerprint density at radius 1 is 1.06 bits per heavy atom. The molecule has 0 spiro atoms. The molecule has 0 amide bonds. The lowest BCUT2D eigenvalue weighted by molar-refractivity contribution is 0.0695. The van der Waals surface area contributed by atoms with Crippen LogP contribution < -0.4 is 4.74 Å². The van der Waals surface area contributed by atoms with Gasteiger partial charge in [-0.1, -0.05) is 18.2 Å². The van der Waals surface area contributed by atoms with Crippen molar-refractivity contribution in [3.63, 3.8) is 0 Å². The van der Waals surface area contributed by atoms with Crippen LogP contribution in [0.3, 0.4) is 0 Å². The fraction of sp³-hybridized carbons (Fsp3) is 0. The summed E-state index contributed by atoms with van der Waals surface area (Å²) in [6.07, 6.45) is 0. The minimum absolute atomic E-state index is 0.179. The van der Waals surface area contributed by atoms with Crippen LogP contribution in [0.1, 0.15) is 10.4 Å². The fourth-order valence-electron chi connectivity index (χ4n) is 1.36. The van der Waals surface area contributed by atoms with Crippen LogP contribution in [0.15, 0.2) is 53.0 Å². The zero-order chi connectivity index (χ0) is 12.3. The topological polar surface area (TPSA) is 46.5 Å². The molecule has 1 N–H and O–H groups in total. The summed E-state index contributed by atoms with van der Waals surface area (Å²) >= 11 is 3.18. The molecule has 2 rings (SSSR count). The third kappa shape index (κ3) is 2.85. The molecule has 4 heteroatoms. The summed E-state index contributed by atoms with van der Waals surface area (Å²) in [5, 5.41) is 8.97. The molecule has 0 atom stereocenters. The lowest BCUT2D eigenvalue weighted by Crippen LogP contribution is -1.98. The average molecular weight is 293 g/mol. The highest BCUT2D eigenvalue weighted by molar-refractivity contribution is 9.10. The minimum Gasteiger partial charge on any atom is -0.478 e. The Bertz CT molecular complexity index is 538. The van der Waals surface area contributed by atoms with Gasteiger partial charge in [0.25, 0.3) is 0 Å². The van der Waals surface area contributed by atoms with E-state index in [1.807, 2.05) is 30.3 Å². The minimum atomic E-state index is -0.990. The Balaban J connectivity index is 2.29. The largest absolute Gasteiger partial charge is 0.478 e. The van der Waals surface area contributed by atoms with Crippen LogP contribution in [-0.2, 0) is 0 Å². The van der Waals surface area contributed by atoms with Gasteiger partial charge >= 0.3 is 5.97 Å². The van der Waals surface area contributed by atoms with Gasteiger partial charge in [0.2, 0.25) is 0 Å². The molecule has 0 heterocycles. The summed E-state index contributed by atoms with van der Waals surface area (Å²) in [5.41, 5.74) is 0.179. The van der Waals surface area contributed by atoms with Crippen LogP contribution >= 0.6 is 15.9 Å². The van der Waals surface area contributed by atoms with Crippen LogP contribution in [0, 0.1) is 0 Å². The molecular formula is C13H9BrO3. The number of hydrogen-bond donors (Lipinski definition) is 1. The van der Waals surface area contributed by atoms with Crippen molar-refractivity contribution in [2.75, 3.05) is 0 Å². The van der Waals surface area contributed by atoms with Gasteiger partial charge in [-0.3, -0.25) is 0 Å². The third-order valence-corrected chi connectivity index (χ3v) is 2.84. The lowest BCUT2D eigenvalue weighted by atomic mass is 10.2. The summed E-state index contributed by atoms with van der Waals surface area (Å²) in [5.74, 6) is 0.179. The smallest absolute Gasteiger partial charge is 0.336 e. The predicted octanol–water partition coefficient (Wildman–Crippen LogP) is 3.94. The van der Waals surface area contributed by atoms with Crippen molar-refractivity contribution in [3.8, 4) is 11.5 Å². The number of halogens is 1. The van der Waals surface area contributed by atoms with Crippen molar-refractivity contribution < 1.29 is 14.6 Å². The first kappa shape index (κ1) is 11.7. The molecule has 0 saturated heterocycles. The van der Waals surface area contributed by atoms with E-state index in [-0.39, 0.29) is 5.56 Å². The van der Waals surface area contributed by atoms with Gasteiger partial charge in [0.15, 0.2) is 0 Å². The average Bonchev–Trinajstić information content (AvgIpc) is 2.32. The van der Waals surface area contributed by atoms with Gasteiger partial charge in [-0.2, -0.15) is 0 Å². The number of ether oxygens (including phenoxy) is 1. The molecule has 0 unspecified atom stereocenters. The molecule has 0 bridgehead atoms. The van der Waals surface area contributed by atoms with Crippen molar-refractivity contribution in [3.05, 3.63) is 58.6 Å². The number of rotatable bonds is 3. The molecule has 0 saturated carbocycles. The molecule has 0 radical (unpaired) electrons. The molecule has 17 heavy (non-hydrogen) atoms. The van der Waals surface area contributed by atoms with Gasteiger partial charge in [-0.15, -0.1) is 0 Å². The van der Waals surface area contributed by atoms with Crippen molar-refractivity contribution in [1.29, 1.82) is 0 Å². The van der Waals surface area contributed by atoms with E-state index >= 15 is 0 Å². The van der Waals surface area contributed by atoms with Gasteiger partial charge in [0, 0.05) is 4.47 Å². The number of carbonyl (C=O) groups is 1. The van der Waals surface area contributed by atoms with Gasteiger partial charge < -0.3 is 9.84 Å². The Hall–Kier alpha value is -1.81. The molecule has 0 aliphatic heterocycles. The predicted molar refractivity (Wildman–Crippen MR) is 67.6 cm³/mol. The van der Waals surface area contributed by atoms with E-state index in [2.05, 4.69) is 15.9 Å². The van der Waals surface area contributed by atoms with Crippen LogP contribution in [-0.4, -0.2) is 11.1 Å². The maximum Gasteiger partial charge on any atom is 0.336 e. The van der Waals surface area contributed by atoms with Crippen molar-refractivity contribution in [2.45, 2.75) is 0 Å². The highest BCUT2D eigenvalue weighted by atomic mass is 79.9. The van der Waals surface area contributed by atoms with Gasteiger partial charge in [0.1, 0.15) is 11.5 Å². The van der Waals surface area contributed by atoms with E-state index in [4.69, 9.17) is 9.84 Å². The molecular weight excluding hydrogens is 284 g/mol. The Morgan fingerprint density at radius 2 is 1.76 bits per heavy atom. The van der Waals surface area contributed by atoms with Crippen molar-refractivity contribution in [1.82, 2.24) is 0 Å². The molecule has 0 fully saturated rings. The van der Waals surface area contributed by atoms with Crippen LogP contribution in [0.4, 0.5) is 0 Å². The summed E-state index contributed by atoms with van der Waals surface area (Å²) in [6.45, 7) is 0. The zero-order valence-corrected chi connectivity index (χ0v) is 10.3. The number of aromatic carboxylic acids is 1. The second-order valence-electron chi connectivity index (χ2n) is 3.36. The van der Waals surface area contributed by atoms with Crippen molar-refractivity contribution >= 4 is 21.9 Å². The summed E-state index contributed by atoms with van der Waals surface area (Å²) in [6, 6.07) is 14.1. The first-order valence-corrected chi connectivity index (χ1v) is 5.72. The highest BCUT2D eigenvalue weighted by Crippen LogP contribution is 2.26. The molecule has 2 aromatic rings. The second-order valence-corrected chi connectivity index (χ2v) is 4.22. The monoisotopic (exact) mass is 292 g/mol. The van der Waals surface area contributed by atoms with Crippen molar-refractivity contribution in [2.24, 2.45) is 0 Å². The number of carboxylic acids is 1. The van der Waals surface area contributed by atoms with E-state index < -0.39 is 5.97 Å². The molecule has 3 nitrogen and oxygen atoms in total. The molecule has 86 valence electrons. The molecule has 2 aromatic carbocycles. The first-order chi connectivity index (χ1) is 8.16. The normalized spacial score (nSPS) is 9.94. The van der Waals surface area contributed by atoms with Crippen LogP contribution in [0.2, 0.25) is 0 Å². The first-order valence-electron chi connectivity index (χ1n) is 4.92. The number of benzene rings is 2. The number of carboxylic acid groups (broad SMARTS) is 1. The Kier molecular flexibility index (Phi) is 3.44. The third-order valence-electron chi connectivity index (χ3n) is 2.15. The second kappa shape index (κ2) is 5.01. The maximum atomic E-state index is 10.9. The standard InChI is InChI=1S/C13H9BrO3/c14-12-7-6-10(8-11(12)13(15)16)17-9-4-2-1-3-5-9/h1-8H,(H,15,16). The van der Waals surface area contributed by atoms with Gasteiger partial charge in [0.05, 0.1) is 5.56 Å². The van der Waals surface area contributed by atoms with E-state index in [0.29, 0.717) is 16.0 Å². The van der Waals surface area contributed by atoms with Crippen LogP contribution in [0.5, 0.6) is 11.5 Å². The lowest BCUT2D eigenvalue weighted by Gasteiger charge is -2.07. The molecule has 0 aliphatic rings. The summed E-state index contributed by atoms with van der Waals surface area (Å²) in [7, 11) is 0. The summed E-state index contributed by atoms with van der Waals surface area (Å²) in [4.78, 5) is 10.9. The quantitative estimate of drug-likeness (QED) is 0.932. The van der Waals surface area contributed by atoms with Gasteiger partial charge in [-0.05, 0) is 46.3 Å². The maximum absolute atomic E-state index is 10.9. The van der Waals surface area contributed by atoms with E-state index in [0.717, 1.165) is 0 Å². The Morgan fingerprint density at radius 3 is 2.41 bits per heavy atom. The zero-order valence-electron chi connectivity index (χ0n) is 8.76. The molecule has 0 aliphatic carbocycles. The SMILES string of the molecule is O=C(O)c1cc(Oc2ccccc2)ccc1Br.